The lowest BCUT2D eigenvalue weighted by Crippen LogP contribution is -2.36. The van der Waals surface area contributed by atoms with E-state index >= 15 is 0 Å². The molecule has 0 radical (unpaired) electrons. The number of carbonyl (C=O) groups excluding carboxylic acids is 1. The average molecular weight is 304 g/mol. The normalized spacial score (nSPS) is 20.9. The van der Waals surface area contributed by atoms with Crippen molar-refractivity contribution in [3.63, 3.8) is 0 Å². The molecule has 22 heavy (non-hydrogen) atoms. The predicted molar refractivity (Wildman–Crippen MR) is 83.7 cm³/mol. The number of rotatable bonds is 3. The number of carbonyl (C=O) groups is 1. The fourth-order valence-electron chi connectivity index (χ4n) is 3.16. The van der Waals surface area contributed by atoms with Crippen molar-refractivity contribution >= 4 is 11.7 Å². The van der Waals surface area contributed by atoms with E-state index in [0.29, 0.717) is 12.0 Å². The molecule has 1 amide bonds. The Hall–Kier alpha value is -1.69. The Morgan fingerprint density at radius 1 is 1.18 bits per heavy atom. The van der Waals surface area contributed by atoms with Crippen LogP contribution in [-0.4, -0.2) is 53.1 Å². The standard InChI is InChI=1S/C16H24N4O2/c1-12(21)20-6-2-13(3-7-20)15-10-18-16(11-17-15)19-14-4-8-22-9-5-14/h10-11,13-14H,2-9H2,1H3,(H,18,19). The smallest absolute Gasteiger partial charge is 0.219 e. The summed E-state index contributed by atoms with van der Waals surface area (Å²) in [4.78, 5) is 22.3. The molecule has 0 atom stereocenters. The zero-order valence-corrected chi connectivity index (χ0v) is 13.1. The molecule has 0 bridgehead atoms. The summed E-state index contributed by atoms with van der Waals surface area (Å²) in [5.41, 5.74) is 1.04. The molecule has 0 aromatic carbocycles. The van der Waals surface area contributed by atoms with Gasteiger partial charge in [0.25, 0.3) is 0 Å². The summed E-state index contributed by atoms with van der Waals surface area (Å²) < 4.78 is 5.36. The van der Waals surface area contributed by atoms with Crippen LogP contribution in [0.5, 0.6) is 0 Å². The number of anilines is 1. The van der Waals surface area contributed by atoms with Crippen LogP contribution in [0, 0.1) is 0 Å². The van der Waals surface area contributed by atoms with E-state index < -0.39 is 0 Å². The summed E-state index contributed by atoms with van der Waals surface area (Å²) in [6, 6.07) is 0.438. The van der Waals surface area contributed by atoms with Gasteiger partial charge in [0.05, 0.1) is 18.1 Å². The Labute approximate surface area is 131 Å². The van der Waals surface area contributed by atoms with Gasteiger partial charge in [-0.15, -0.1) is 0 Å². The first kappa shape index (κ1) is 15.2. The Morgan fingerprint density at radius 2 is 1.91 bits per heavy atom. The van der Waals surface area contributed by atoms with Crippen molar-refractivity contribution in [2.24, 2.45) is 0 Å². The third-order valence-electron chi connectivity index (χ3n) is 4.60. The maximum atomic E-state index is 11.4. The van der Waals surface area contributed by atoms with Crippen LogP contribution in [0.4, 0.5) is 5.82 Å². The molecule has 6 heteroatoms. The van der Waals surface area contributed by atoms with E-state index in [0.717, 1.165) is 63.5 Å². The van der Waals surface area contributed by atoms with Crippen LogP contribution in [0.1, 0.15) is 44.2 Å². The number of nitrogens with zero attached hydrogens (tertiary/aromatic N) is 3. The van der Waals surface area contributed by atoms with Crippen molar-refractivity contribution in [1.82, 2.24) is 14.9 Å². The van der Waals surface area contributed by atoms with Crippen molar-refractivity contribution in [3.8, 4) is 0 Å². The number of amides is 1. The van der Waals surface area contributed by atoms with Gasteiger partial charge in [-0.2, -0.15) is 0 Å². The van der Waals surface area contributed by atoms with Gasteiger partial charge in [-0.1, -0.05) is 0 Å². The summed E-state index contributed by atoms with van der Waals surface area (Å²) in [6.45, 7) is 4.92. The molecule has 2 aliphatic rings. The lowest BCUT2D eigenvalue weighted by Gasteiger charge is -2.30. The van der Waals surface area contributed by atoms with Crippen LogP contribution in [-0.2, 0) is 9.53 Å². The number of piperidine rings is 1. The minimum atomic E-state index is 0.167. The zero-order valence-electron chi connectivity index (χ0n) is 13.1. The molecule has 120 valence electrons. The lowest BCUT2D eigenvalue weighted by molar-refractivity contribution is -0.129. The zero-order chi connectivity index (χ0) is 15.4. The van der Waals surface area contributed by atoms with Crippen molar-refractivity contribution < 1.29 is 9.53 Å². The van der Waals surface area contributed by atoms with Gasteiger partial charge in [-0.05, 0) is 25.7 Å². The van der Waals surface area contributed by atoms with Crippen LogP contribution in [0.15, 0.2) is 12.4 Å². The van der Waals surface area contributed by atoms with E-state index in [1.54, 1.807) is 6.92 Å². The van der Waals surface area contributed by atoms with Gasteiger partial charge in [0.15, 0.2) is 0 Å². The fourth-order valence-corrected chi connectivity index (χ4v) is 3.16. The highest BCUT2D eigenvalue weighted by Crippen LogP contribution is 2.26. The number of hydrogen-bond acceptors (Lipinski definition) is 5. The Morgan fingerprint density at radius 3 is 2.50 bits per heavy atom. The predicted octanol–water partition coefficient (Wildman–Crippen LogP) is 1.79. The highest BCUT2D eigenvalue weighted by atomic mass is 16.5. The van der Waals surface area contributed by atoms with Crippen LogP contribution in [0.3, 0.4) is 0 Å². The minimum Gasteiger partial charge on any atom is -0.381 e. The molecule has 1 aromatic heterocycles. The third kappa shape index (κ3) is 3.74. The molecular weight excluding hydrogens is 280 g/mol. The molecule has 3 rings (SSSR count). The van der Waals surface area contributed by atoms with E-state index in [-0.39, 0.29) is 5.91 Å². The van der Waals surface area contributed by atoms with E-state index in [1.165, 1.54) is 0 Å². The van der Waals surface area contributed by atoms with E-state index in [9.17, 15) is 4.79 Å². The maximum absolute atomic E-state index is 11.4. The molecule has 1 N–H and O–H groups in total. The summed E-state index contributed by atoms with van der Waals surface area (Å²) in [6.07, 6.45) is 7.71. The average Bonchev–Trinajstić information content (AvgIpc) is 2.57. The Balaban J connectivity index is 1.54. The van der Waals surface area contributed by atoms with Crippen molar-refractivity contribution in [2.45, 2.75) is 44.6 Å². The van der Waals surface area contributed by atoms with Crippen molar-refractivity contribution in [2.75, 3.05) is 31.6 Å². The minimum absolute atomic E-state index is 0.167. The summed E-state index contributed by atoms with van der Waals surface area (Å²) >= 11 is 0. The van der Waals surface area contributed by atoms with Crippen LogP contribution in [0.2, 0.25) is 0 Å². The molecule has 2 fully saturated rings. The van der Waals surface area contributed by atoms with Gasteiger partial charge in [-0.3, -0.25) is 9.78 Å². The first-order chi connectivity index (χ1) is 10.7. The highest BCUT2D eigenvalue weighted by molar-refractivity contribution is 5.73. The van der Waals surface area contributed by atoms with Gasteiger partial charge in [0.1, 0.15) is 5.82 Å². The lowest BCUT2D eigenvalue weighted by atomic mass is 9.94. The third-order valence-corrected chi connectivity index (χ3v) is 4.60. The second-order valence-electron chi connectivity index (χ2n) is 6.14. The second-order valence-corrected chi connectivity index (χ2v) is 6.14. The molecule has 0 saturated carbocycles. The molecule has 3 heterocycles. The quantitative estimate of drug-likeness (QED) is 0.922. The SMILES string of the molecule is CC(=O)N1CCC(c2cnc(NC3CCOCC3)cn2)CC1. The fraction of sp³-hybridized carbons (Fsp3) is 0.688. The maximum Gasteiger partial charge on any atom is 0.219 e. The van der Waals surface area contributed by atoms with Crippen LogP contribution < -0.4 is 5.32 Å². The van der Waals surface area contributed by atoms with Gasteiger partial charge in [0.2, 0.25) is 5.91 Å². The second kappa shape index (κ2) is 7.05. The van der Waals surface area contributed by atoms with E-state index in [4.69, 9.17) is 4.74 Å². The summed E-state index contributed by atoms with van der Waals surface area (Å²) in [7, 11) is 0. The summed E-state index contributed by atoms with van der Waals surface area (Å²) in [5.74, 6) is 1.43. The highest BCUT2D eigenvalue weighted by Gasteiger charge is 2.23. The molecule has 0 spiro atoms. The molecular formula is C16H24N4O2. The first-order valence-electron chi connectivity index (χ1n) is 8.14. The largest absolute Gasteiger partial charge is 0.381 e. The number of aromatic nitrogens is 2. The number of nitrogens with one attached hydrogen (secondary N) is 1. The number of ether oxygens (including phenoxy) is 1. The monoisotopic (exact) mass is 304 g/mol. The van der Waals surface area contributed by atoms with Crippen molar-refractivity contribution in [1.29, 1.82) is 0 Å². The van der Waals surface area contributed by atoms with Gasteiger partial charge < -0.3 is 15.0 Å². The number of likely N-dealkylation sites (tertiary alicyclic amines) is 1. The number of hydrogen-bond donors (Lipinski definition) is 1. The van der Waals surface area contributed by atoms with E-state index in [2.05, 4.69) is 15.3 Å². The Bertz CT molecular complexity index is 491. The summed E-state index contributed by atoms with van der Waals surface area (Å²) in [5, 5.41) is 3.43. The molecule has 6 nitrogen and oxygen atoms in total. The van der Waals surface area contributed by atoms with Crippen LogP contribution in [0.25, 0.3) is 0 Å². The molecule has 0 unspecified atom stereocenters. The van der Waals surface area contributed by atoms with Gasteiger partial charge in [0, 0.05) is 45.2 Å². The Kier molecular flexibility index (Phi) is 4.87. The molecule has 1 aromatic rings. The first-order valence-corrected chi connectivity index (χ1v) is 8.14. The molecule has 0 aliphatic carbocycles. The van der Waals surface area contributed by atoms with Gasteiger partial charge >= 0.3 is 0 Å². The van der Waals surface area contributed by atoms with Crippen molar-refractivity contribution in [3.05, 3.63) is 18.1 Å². The topological polar surface area (TPSA) is 67.4 Å². The van der Waals surface area contributed by atoms with Gasteiger partial charge in [-0.25, -0.2) is 4.98 Å². The molecule has 2 aliphatic heterocycles. The van der Waals surface area contributed by atoms with E-state index in [1.807, 2.05) is 17.3 Å². The molecule has 2 saturated heterocycles. The van der Waals surface area contributed by atoms with Crippen LogP contribution >= 0.6 is 0 Å².